The third-order valence-electron chi connectivity index (χ3n) is 6.90. The Morgan fingerprint density at radius 3 is 2.59 bits per heavy atom. The minimum atomic E-state index is -0.0350. The van der Waals surface area contributed by atoms with Crippen LogP contribution in [0.4, 0.5) is 0 Å². The highest BCUT2D eigenvalue weighted by Crippen LogP contribution is 2.40. The molecule has 0 unspecified atom stereocenters. The molecule has 4 rings (SSSR count). The summed E-state index contributed by atoms with van der Waals surface area (Å²) >= 11 is 0. The average Bonchev–Trinajstić information content (AvgIpc) is 3.29. The normalized spacial score (nSPS) is 20.4. The molecule has 178 valence electrons. The van der Waals surface area contributed by atoms with Crippen molar-refractivity contribution in [1.82, 2.24) is 15.5 Å². The van der Waals surface area contributed by atoms with E-state index in [1.807, 2.05) is 13.1 Å². The van der Waals surface area contributed by atoms with Gasteiger partial charge in [0.15, 0.2) is 17.5 Å². The first kappa shape index (κ1) is 24.9. The molecule has 0 aromatic heterocycles. The van der Waals surface area contributed by atoms with Crippen LogP contribution in [0.2, 0.25) is 0 Å². The maximum atomic E-state index is 11.7. The molecule has 1 aromatic carbocycles. The molecule has 32 heavy (non-hydrogen) atoms. The molecular weight excluding hydrogens is 523 g/mol. The van der Waals surface area contributed by atoms with Gasteiger partial charge in [0.25, 0.3) is 0 Å². The van der Waals surface area contributed by atoms with Crippen molar-refractivity contribution in [2.45, 2.75) is 37.5 Å². The molecule has 2 saturated heterocycles. The lowest BCUT2D eigenvalue weighted by Crippen LogP contribution is -2.51. The molecule has 0 saturated carbocycles. The number of hydrogen-bond acceptors (Lipinski definition) is 5. The molecule has 1 amide bonds. The van der Waals surface area contributed by atoms with Crippen LogP contribution in [0, 0.1) is 5.92 Å². The first-order chi connectivity index (χ1) is 15.1. The molecule has 0 radical (unpaired) electrons. The number of benzene rings is 1. The van der Waals surface area contributed by atoms with Gasteiger partial charge in [0.2, 0.25) is 12.7 Å². The van der Waals surface area contributed by atoms with Crippen LogP contribution in [0.15, 0.2) is 23.2 Å². The molecule has 0 atom stereocenters. The molecule has 8 nitrogen and oxygen atoms in total. The van der Waals surface area contributed by atoms with Gasteiger partial charge in [0.05, 0.1) is 0 Å². The highest BCUT2D eigenvalue weighted by molar-refractivity contribution is 14.0. The van der Waals surface area contributed by atoms with Crippen LogP contribution < -0.4 is 20.1 Å². The molecule has 9 heteroatoms. The van der Waals surface area contributed by atoms with Crippen LogP contribution in [0.5, 0.6) is 11.5 Å². The zero-order valence-electron chi connectivity index (χ0n) is 19.0. The summed E-state index contributed by atoms with van der Waals surface area (Å²) in [5, 5.41) is 6.39. The lowest BCUT2D eigenvalue weighted by atomic mass is 9.74. The Kier molecular flexibility index (Phi) is 8.87. The lowest BCUT2D eigenvalue weighted by molar-refractivity contribution is -0.121. The second-order valence-electron chi connectivity index (χ2n) is 8.67. The number of amides is 1. The van der Waals surface area contributed by atoms with Crippen LogP contribution >= 0.6 is 24.0 Å². The number of likely N-dealkylation sites (tertiary alicyclic amines) is 1. The Morgan fingerprint density at radius 1 is 1.19 bits per heavy atom. The summed E-state index contributed by atoms with van der Waals surface area (Å²) < 4.78 is 16.8. The smallest absolute Gasteiger partial charge is 0.231 e. The van der Waals surface area contributed by atoms with E-state index in [1.165, 1.54) is 5.56 Å². The topological polar surface area (TPSA) is 84.4 Å². The number of piperidine rings is 1. The van der Waals surface area contributed by atoms with Crippen LogP contribution in [0.1, 0.15) is 37.7 Å². The van der Waals surface area contributed by atoms with Crippen LogP contribution in [0.25, 0.3) is 0 Å². The predicted molar refractivity (Wildman–Crippen MR) is 134 cm³/mol. The van der Waals surface area contributed by atoms with Crippen molar-refractivity contribution in [3.8, 4) is 11.5 Å². The quantitative estimate of drug-likeness (QED) is 0.329. The number of carbonyl (C=O) groups is 1. The number of guanidine groups is 1. The Morgan fingerprint density at radius 2 is 1.91 bits per heavy atom. The summed E-state index contributed by atoms with van der Waals surface area (Å²) in [6, 6.07) is 6.30. The Bertz CT molecular complexity index is 805. The standard InChI is InChI=1S/C23H34N4O4.HI/c1-24-21(28)13-17-5-9-27(10-6-17)22(25-2)26-15-23(7-11-29-12-8-23)18-3-4-19-20(14-18)31-16-30-19;/h3-4,14,17H,5-13,15-16H2,1-2H3,(H,24,28)(H,25,26);1H. The highest BCUT2D eigenvalue weighted by Gasteiger charge is 2.36. The number of fused-ring (bicyclic) bond motifs is 1. The van der Waals surface area contributed by atoms with Gasteiger partial charge in [-0.3, -0.25) is 9.79 Å². The SMILES string of the molecule is CN=C(NCC1(c2ccc3c(c2)OCO3)CCOCC1)N1CCC(CC(=O)NC)CC1.I. The maximum Gasteiger partial charge on any atom is 0.231 e. The second-order valence-corrected chi connectivity index (χ2v) is 8.67. The fourth-order valence-corrected chi connectivity index (χ4v) is 4.85. The number of ether oxygens (including phenoxy) is 3. The maximum absolute atomic E-state index is 11.7. The second kappa shape index (κ2) is 11.4. The summed E-state index contributed by atoms with van der Waals surface area (Å²) in [4.78, 5) is 18.6. The lowest BCUT2D eigenvalue weighted by Gasteiger charge is -2.40. The Hall–Kier alpha value is -1.75. The summed E-state index contributed by atoms with van der Waals surface area (Å²) in [5.41, 5.74) is 1.22. The number of nitrogens with zero attached hydrogens (tertiary/aromatic N) is 2. The minimum absolute atomic E-state index is 0. The number of halogens is 1. The Balaban J connectivity index is 0.00000289. The van der Waals surface area contributed by atoms with E-state index in [4.69, 9.17) is 14.2 Å². The van der Waals surface area contributed by atoms with Crippen LogP contribution in [-0.4, -0.2) is 70.5 Å². The zero-order chi connectivity index (χ0) is 21.7. The molecule has 2 fully saturated rings. The van der Waals surface area contributed by atoms with Crippen LogP contribution in [0.3, 0.4) is 0 Å². The monoisotopic (exact) mass is 558 g/mol. The van der Waals surface area contributed by atoms with Crippen molar-refractivity contribution in [2.75, 3.05) is 53.7 Å². The molecule has 0 bridgehead atoms. The summed E-state index contributed by atoms with van der Waals surface area (Å²) in [6.45, 7) is 4.42. The summed E-state index contributed by atoms with van der Waals surface area (Å²) in [5.74, 6) is 3.15. The minimum Gasteiger partial charge on any atom is -0.454 e. The molecule has 0 aliphatic carbocycles. The largest absolute Gasteiger partial charge is 0.454 e. The van der Waals surface area contributed by atoms with Crippen molar-refractivity contribution in [1.29, 1.82) is 0 Å². The van der Waals surface area contributed by atoms with Crippen LogP contribution in [-0.2, 0) is 14.9 Å². The number of carbonyl (C=O) groups excluding carboxylic acids is 1. The fourth-order valence-electron chi connectivity index (χ4n) is 4.85. The number of aliphatic imine (C=N–C) groups is 1. The number of nitrogens with one attached hydrogen (secondary N) is 2. The van der Waals surface area contributed by atoms with Crippen molar-refractivity contribution >= 4 is 35.8 Å². The van der Waals surface area contributed by atoms with Gasteiger partial charge in [-0.2, -0.15) is 0 Å². The molecule has 1 aromatic rings. The van der Waals surface area contributed by atoms with E-state index < -0.39 is 0 Å². The van der Waals surface area contributed by atoms with Gasteiger partial charge in [-0.05, 0) is 49.3 Å². The average molecular weight is 558 g/mol. The first-order valence-corrected chi connectivity index (χ1v) is 11.3. The third-order valence-corrected chi connectivity index (χ3v) is 6.90. The van der Waals surface area contributed by atoms with Gasteiger partial charge in [-0.15, -0.1) is 24.0 Å². The fraction of sp³-hybridized carbons (Fsp3) is 0.652. The number of rotatable bonds is 5. The molecule has 3 aliphatic rings. The molecular formula is C23H35IN4O4. The first-order valence-electron chi connectivity index (χ1n) is 11.3. The molecule has 2 N–H and O–H groups in total. The number of hydrogen-bond donors (Lipinski definition) is 2. The third kappa shape index (κ3) is 5.59. The van der Waals surface area contributed by atoms with Crippen molar-refractivity contribution < 1.29 is 19.0 Å². The van der Waals surface area contributed by atoms with Gasteiger partial charge < -0.3 is 29.7 Å². The van der Waals surface area contributed by atoms with Gasteiger partial charge in [0.1, 0.15) is 0 Å². The van der Waals surface area contributed by atoms with E-state index in [9.17, 15) is 4.79 Å². The van der Waals surface area contributed by atoms with E-state index in [2.05, 4.69) is 32.7 Å². The summed E-state index contributed by atoms with van der Waals surface area (Å²) in [7, 11) is 3.55. The van der Waals surface area contributed by atoms with E-state index in [0.29, 0.717) is 12.3 Å². The highest BCUT2D eigenvalue weighted by atomic mass is 127. The van der Waals surface area contributed by atoms with Gasteiger partial charge in [0, 0.05) is 58.8 Å². The molecule has 3 heterocycles. The van der Waals surface area contributed by atoms with Crippen molar-refractivity contribution in [2.24, 2.45) is 10.9 Å². The Labute approximate surface area is 207 Å². The van der Waals surface area contributed by atoms with Crippen molar-refractivity contribution in [3.05, 3.63) is 23.8 Å². The summed E-state index contributed by atoms with van der Waals surface area (Å²) in [6.07, 6.45) is 4.53. The van der Waals surface area contributed by atoms with E-state index in [0.717, 1.165) is 76.0 Å². The van der Waals surface area contributed by atoms with E-state index in [-0.39, 0.29) is 42.1 Å². The molecule has 0 spiro atoms. The predicted octanol–water partition coefficient (Wildman–Crippen LogP) is 2.51. The molecule has 3 aliphatic heterocycles. The van der Waals surface area contributed by atoms with Gasteiger partial charge in [-0.25, -0.2) is 0 Å². The van der Waals surface area contributed by atoms with E-state index >= 15 is 0 Å². The zero-order valence-corrected chi connectivity index (χ0v) is 21.4. The van der Waals surface area contributed by atoms with Crippen molar-refractivity contribution in [3.63, 3.8) is 0 Å². The van der Waals surface area contributed by atoms with Gasteiger partial charge >= 0.3 is 0 Å². The van der Waals surface area contributed by atoms with E-state index in [1.54, 1.807) is 7.05 Å². The van der Waals surface area contributed by atoms with Gasteiger partial charge in [-0.1, -0.05) is 6.07 Å².